The Morgan fingerprint density at radius 2 is 1.63 bits per heavy atom. The van der Waals surface area contributed by atoms with Gasteiger partial charge in [-0.3, -0.25) is 4.79 Å². The normalized spacial score (nSPS) is 11.9. The van der Waals surface area contributed by atoms with E-state index in [-0.39, 0.29) is 5.91 Å². The topological polar surface area (TPSA) is 49.3 Å². The molecule has 0 saturated heterocycles. The van der Waals surface area contributed by atoms with Crippen molar-refractivity contribution >= 4 is 5.91 Å². The Kier molecular flexibility index (Phi) is 4.31. The first-order valence-corrected chi connectivity index (χ1v) is 6.23. The number of carbonyl (C=O) groups is 1. The molecule has 2 rings (SSSR count). The lowest BCUT2D eigenvalue weighted by molar-refractivity contribution is -0.119. The molecule has 0 fully saturated rings. The Balaban J connectivity index is 2.08. The summed E-state index contributed by atoms with van der Waals surface area (Å²) < 4.78 is 0. The van der Waals surface area contributed by atoms with Crippen LogP contribution in [0.25, 0.3) is 0 Å². The molecule has 2 aromatic carbocycles. The summed E-state index contributed by atoms with van der Waals surface area (Å²) in [5.74, 6) is -0.0478. The third-order valence-electron chi connectivity index (χ3n) is 2.95. The number of amides is 1. The molecule has 0 radical (unpaired) electrons. The first kappa shape index (κ1) is 13.3. The van der Waals surface area contributed by atoms with Crippen LogP contribution < -0.4 is 5.32 Å². The highest BCUT2D eigenvalue weighted by molar-refractivity contribution is 5.72. The zero-order chi connectivity index (χ0) is 13.7. The Morgan fingerprint density at radius 3 is 2.21 bits per heavy atom. The lowest BCUT2D eigenvalue weighted by Gasteiger charge is -2.12. The van der Waals surface area contributed by atoms with E-state index in [2.05, 4.69) is 5.32 Å². The van der Waals surface area contributed by atoms with Gasteiger partial charge in [0.2, 0.25) is 5.91 Å². The fraction of sp³-hybridized carbons (Fsp3) is 0.188. The lowest BCUT2D eigenvalue weighted by Crippen LogP contribution is -2.18. The van der Waals surface area contributed by atoms with Crippen LogP contribution in [-0.4, -0.2) is 11.0 Å². The highest BCUT2D eigenvalue weighted by Crippen LogP contribution is 2.21. The first-order chi connectivity index (χ1) is 9.16. The molecule has 1 amide bonds. The van der Waals surface area contributed by atoms with E-state index in [9.17, 15) is 9.90 Å². The zero-order valence-electron chi connectivity index (χ0n) is 10.8. The molecule has 0 spiro atoms. The Labute approximate surface area is 112 Å². The largest absolute Gasteiger partial charge is 0.384 e. The van der Waals surface area contributed by atoms with Gasteiger partial charge in [-0.15, -0.1) is 0 Å². The van der Waals surface area contributed by atoms with Crippen molar-refractivity contribution in [1.29, 1.82) is 0 Å². The summed E-state index contributed by atoms with van der Waals surface area (Å²) in [6, 6.07) is 17.1. The molecule has 0 aliphatic carbocycles. The summed E-state index contributed by atoms with van der Waals surface area (Å²) in [6.45, 7) is 2.00. The highest BCUT2D eigenvalue weighted by Gasteiger charge is 2.09. The third kappa shape index (κ3) is 3.66. The predicted octanol–water partition coefficient (Wildman–Crippen LogP) is 2.40. The van der Waals surface area contributed by atoms with Crippen molar-refractivity contribution in [3.63, 3.8) is 0 Å². The van der Waals surface area contributed by atoms with Crippen LogP contribution >= 0.6 is 0 Å². The van der Waals surface area contributed by atoms with Crippen molar-refractivity contribution in [3.8, 4) is 0 Å². The molecule has 0 saturated carbocycles. The highest BCUT2D eigenvalue weighted by atomic mass is 16.3. The number of carbonyl (C=O) groups excluding carboxylic acids is 1. The van der Waals surface area contributed by atoms with Crippen LogP contribution in [0.2, 0.25) is 0 Å². The third-order valence-corrected chi connectivity index (χ3v) is 2.95. The van der Waals surface area contributed by atoms with Gasteiger partial charge in [0.25, 0.3) is 0 Å². The smallest absolute Gasteiger partial charge is 0.217 e. The van der Waals surface area contributed by atoms with Gasteiger partial charge in [-0.05, 0) is 16.7 Å². The fourth-order valence-electron chi connectivity index (χ4n) is 1.87. The van der Waals surface area contributed by atoms with Crippen LogP contribution in [-0.2, 0) is 11.3 Å². The zero-order valence-corrected chi connectivity index (χ0v) is 10.8. The van der Waals surface area contributed by atoms with Crippen LogP contribution in [0.4, 0.5) is 0 Å². The molecule has 2 N–H and O–H groups in total. The molecule has 0 aliphatic rings. The van der Waals surface area contributed by atoms with E-state index in [4.69, 9.17) is 0 Å². The summed E-state index contributed by atoms with van der Waals surface area (Å²) in [7, 11) is 0. The summed E-state index contributed by atoms with van der Waals surface area (Å²) in [4.78, 5) is 10.8. The summed E-state index contributed by atoms with van der Waals surface area (Å²) >= 11 is 0. The van der Waals surface area contributed by atoms with Crippen molar-refractivity contribution in [1.82, 2.24) is 5.32 Å². The fourth-order valence-corrected chi connectivity index (χ4v) is 1.87. The van der Waals surface area contributed by atoms with Crippen LogP contribution in [0.1, 0.15) is 29.7 Å². The Hall–Kier alpha value is -2.13. The van der Waals surface area contributed by atoms with Gasteiger partial charge < -0.3 is 10.4 Å². The molecule has 3 nitrogen and oxygen atoms in total. The number of hydrogen-bond donors (Lipinski definition) is 2. The Morgan fingerprint density at radius 1 is 1.05 bits per heavy atom. The summed E-state index contributed by atoms with van der Waals surface area (Å²) in [5.41, 5.74) is 2.73. The molecule has 1 atom stereocenters. The number of aliphatic hydroxyl groups is 1. The van der Waals surface area contributed by atoms with E-state index in [1.807, 2.05) is 54.6 Å². The molecular weight excluding hydrogens is 238 g/mol. The van der Waals surface area contributed by atoms with E-state index in [1.54, 1.807) is 0 Å². The van der Waals surface area contributed by atoms with E-state index < -0.39 is 6.10 Å². The van der Waals surface area contributed by atoms with E-state index in [1.165, 1.54) is 6.92 Å². The number of hydrogen-bond acceptors (Lipinski definition) is 2. The van der Waals surface area contributed by atoms with Crippen molar-refractivity contribution < 1.29 is 9.90 Å². The second-order valence-corrected chi connectivity index (χ2v) is 4.46. The standard InChI is InChI=1S/C16H17NO2/c1-12(18)17-11-13-7-9-15(10-8-13)16(19)14-5-3-2-4-6-14/h2-10,16,19H,11H2,1H3,(H,17,18). The van der Waals surface area contributed by atoms with Crippen molar-refractivity contribution in [2.24, 2.45) is 0 Å². The van der Waals surface area contributed by atoms with Crippen LogP contribution in [0.15, 0.2) is 54.6 Å². The van der Waals surface area contributed by atoms with E-state index in [0.29, 0.717) is 6.54 Å². The molecule has 2 aromatic rings. The average Bonchev–Trinajstić information content (AvgIpc) is 2.46. The molecule has 3 heteroatoms. The second kappa shape index (κ2) is 6.16. The maximum absolute atomic E-state index is 10.8. The number of rotatable bonds is 4. The van der Waals surface area contributed by atoms with Gasteiger partial charge in [-0.2, -0.15) is 0 Å². The molecule has 19 heavy (non-hydrogen) atoms. The van der Waals surface area contributed by atoms with Gasteiger partial charge in [0.1, 0.15) is 6.10 Å². The number of benzene rings is 2. The molecule has 0 aromatic heterocycles. The van der Waals surface area contributed by atoms with Crippen molar-refractivity contribution in [2.45, 2.75) is 19.6 Å². The van der Waals surface area contributed by atoms with Gasteiger partial charge in [-0.1, -0.05) is 54.6 Å². The van der Waals surface area contributed by atoms with Gasteiger partial charge >= 0.3 is 0 Å². The molecule has 0 bridgehead atoms. The predicted molar refractivity (Wildman–Crippen MR) is 74.5 cm³/mol. The SMILES string of the molecule is CC(=O)NCc1ccc(C(O)c2ccccc2)cc1. The molecule has 0 aliphatic heterocycles. The molecule has 98 valence electrons. The minimum absolute atomic E-state index is 0.0478. The van der Waals surface area contributed by atoms with E-state index >= 15 is 0 Å². The molecule has 1 unspecified atom stereocenters. The maximum Gasteiger partial charge on any atom is 0.217 e. The Bertz CT molecular complexity index is 534. The number of aliphatic hydroxyl groups excluding tert-OH is 1. The minimum Gasteiger partial charge on any atom is -0.384 e. The first-order valence-electron chi connectivity index (χ1n) is 6.23. The van der Waals surface area contributed by atoms with Gasteiger partial charge in [0.05, 0.1) is 0 Å². The van der Waals surface area contributed by atoms with Gasteiger partial charge in [-0.25, -0.2) is 0 Å². The molecule has 0 heterocycles. The van der Waals surface area contributed by atoms with E-state index in [0.717, 1.165) is 16.7 Å². The summed E-state index contributed by atoms with van der Waals surface area (Å²) in [5, 5.41) is 13.0. The van der Waals surface area contributed by atoms with Gasteiger partial charge in [0, 0.05) is 13.5 Å². The number of nitrogens with one attached hydrogen (secondary N) is 1. The monoisotopic (exact) mass is 255 g/mol. The van der Waals surface area contributed by atoms with Crippen LogP contribution in [0.3, 0.4) is 0 Å². The minimum atomic E-state index is -0.615. The van der Waals surface area contributed by atoms with Crippen LogP contribution in [0.5, 0.6) is 0 Å². The quantitative estimate of drug-likeness (QED) is 0.881. The van der Waals surface area contributed by atoms with Crippen molar-refractivity contribution in [2.75, 3.05) is 0 Å². The van der Waals surface area contributed by atoms with Crippen LogP contribution in [0, 0.1) is 0 Å². The maximum atomic E-state index is 10.8. The summed E-state index contributed by atoms with van der Waals surface area (Å²) in [6.07, 6.45) is -0.615. The molecular formula is C16H17NO2. The van der Waals surface area contributed by atoms with Crippen molar-refractivity contribution in [3.05, 3.63) is 71.3 Å². The lowest BCUT2D eigenvalue weighted by atomic mass is 10.0. The second-order valence-electron chi connectivity index (χ2n) is 4.46. The average molecular weight is 255 g/mol. The van der Waals surface area contributed by atoms with Gasteiger partial charge in [0.15, 0.2) is 0 Å².